The Morgan fingerprint density at radius 3 is 2.47 bits per heavy atom. The van der Waals surface area contributed by atoms with Gasteiger partial charge >= 0.3 is 0 Å². The van der Waals surface area contributed by atoms with Gasteiger partial charge in [-0.05, 0) is 17.9 Å². The highest BCUT2D eigenvalue weighted by molar-refractivity contribution is 5.19. The van der Waals surface area contributed by atoms with Crippen LogP contribution >= 0.6 is 0 Å². The fourth-order valence-corrected chi connectivity index (χ4v) is 2.25. The average molecular weight is 234 g/mol. The standard InChI is InChI=1S/C15H22O2/c1-11(2)14-9-10-16-15(17-14)12(3)13-7-5-4-6-8-13/h4-8,11-12,14-15H,9-10H2,1-3H3. The third-order valence-corrected chi connectivity index (χ3v) is 3.47. The van der Waals surface area contributed by atoms with E-state index in [0.717, 1.165) is 13.0 Å². The van der Waals surface area contributed by atoms with Gasteiger partial charge in [-0.1, -0.05) is 51.1 Å². The minimum atomic E-state index is -0.0986. The molecule has 0 N–H and O–H groups in total. The molecular weight excluding hydrogens is 212 g/mol. The molecule has 0 amide bonds. The first-order valence-electron chi connectivity index (χ1n) is 6.50. The molecule has 0 radical (unpaired) electrons. The maximum atomic E-state index is 6.04. The third-order valence-electron chi connectivity index (χ3n) is 3.47. The van der Waals surface area contributed by atoms with Crippen molar-refractivity contribution in [1.29, 1.82) is 0 Å². The van der Waals surface area contributed by atoms with Gasteiger partial charge in [0, 0.05) is 5.92 Å². The average Bonchev–Trinajstić information content (AvgIpc) is 2.39. The van der Waals surface area contributed by atoms with Crippen LogP contribution in [0.2, 0.25) is 0 Å². The van der Waals surface area contributed by atoms with Crippen LogP contribution in [0.5, 0.6) is 0 Å². The molecule has 0 aromatic heterocycles. The summed E-state index contributed by atoms with van der Waals surface area (Å²) in [6, 6.07) is 10.4. The molecule has 17 heavy (non-hydrogen) atoms. The Hall–Kier alpha value is -0.860. The van der Waals surface area contributed by atoms with Gasteiger partial charge in [-0.15, -0.1) is 0 Å². The highest BCUT2D eigenvalue weighted by atomic mass is 16.7. The van der Waals surface area contributed by atoms with Crippen LogP contribution in [0, 0.1) is 5.92 Å². The molecule has 2 rings (SSSR count). The Morgan fingerprint density at radius 1 is 1.12 bits per heavy atom. The van der Waals surface area contributed by atoms with Crippen molar-refractivity contribution >= 4 is 0 Å². The van der Waals surface area contributed by atoms with E-state index in [1.54, 1.807) is 0 Å². The lowest BCUT2D eigenvalue weighted by atomic mass is 9.98. The predicted molar refractivity (Wildman–Crippen MR) is 68.9 cm³/mol. The molecule has 1 aromatic rings. The molecule has 0 spiro atoms. The second-order valence-corrected chi connectivity index (χ2v) is 5.15. The summed E-state index contributed by atoms with van der Waals surface area (Å²) in [5.41, 5.74) is 1.28. The van der Waals surface area contributed by atoms with Crippen molar-refractivity contribution in [3.63, 3.8) is 0 Å². The van der Waals surface area contributed by atoms with Crippen LogP contribution in [-0.4, -0.2) is 19.0 Å². The molecule has 1 aromatic carbocycles. The third kappa shape index (κ3) is 3.08. The summed E-state index contributed by atoms with van der Waals surface area (Å²) in [4.78, 5) is 0. The van der Waals surface area contributed by atoms with E-state index >= 15 is 0 Å². The summed E-state index contributed by atoms with van der Waals surface area (Å²) in [5.74, 6) is 0.849. The second-order valence-electron chi connectivity index (χ2n) is 5.15. The van der Waals surface area contributed by atoms with Gasteiger partial charge in [0.25, 0.3) is 0 Å². The van der Waals surface area contributed by atoms with Crippen molar-refractivity contribution in [1.82, 2.24) is 0 Å². The van der Waals surface area contributed by atoms with Gasteiger partial charge in [-0.2, -0.15) is 0 Å². The van der Waals surface area contributed by atoms with E-state index in [2.05, 4.69) is 45.0 Å². The molecule has 1 aliphatic heterocycles. The number of hydrogen-bond donors (Lipinski definition) is 0. The normalized spacial score (nSPS) is 27.1. The van der Waals surface area contributed by atoms with Crippen LogP contribution in [0.4, 0.5) is 0 Å². The fraction of sp³-hybridized carbons (Fsp3) is 0.600. The van der Waals surface area contributed by atoms with Crippen molar-refractivity contribution in [2.24, 2.45) is 5.92 Å². The summed E-state index contributed by atoms with van der Waals surface area (Å²) in [7, 11) is 0. The number of ether oxygens (including phenoxy) is 2. The molecule has 2 nitrogen and oxygen atoms in total. The van der Waals surface area contributed by atoms with E-state index in [-0.39, 0.29) is 12.2 Å². The monoisotopic (exact) mass is 234 g/mol. The van der Waals surface area contributed by atoms with Crippen LogP contribution in [0.25, 0.3) is 0 Å². The molecule has 2 heteroatoms. The van der Waals surface area contributed by atoms with Gasteiger partial charge in [0.15, 0.2) is 6.29 Å². The zero-order valence-electron chi connectivity index (χ0n) is 10.9. The summed E-state index contributed by atoms with van der Waals surface area (Å²) in [6.45, 7) is 7.40. The topological polar surface area (TPSA) is 18.5 Å². The van der Waals surface area contributed by atoms with E-state index in [9.17, 15) is 0 Å². The minimum Gasteiger partial charge on any atom is -0.352 e. The lowest BCUT2D eigenvalue weighted by Crippen LogP contribution is -2.38. The second kappa shape index (κ2) is 5.65. The quantitative estimate of drug-likeness (QED) is 0.796. The van der Waals surface area contributed by atoms with Gasteiger partial charge in [0.05, 0.1) is 12.7 Å². The highest BCUT2D eigenvalue weighted by Crippen LogP contribution is 2.28. The Labute approximate surface area is 104 Å². The summed E-state index contributed by atoms with van der Waals surface area (Å²) >= 11 is 0. The Balaban J connectivity index is 2.02. The SMILES string of the molecule is CC(C)C1CCOC(C(C)c2ccccc2)O1. The minimum absolute atomic E-state index is 0.0986. The first kappa shape index (κ1) is 12.6. The molecule has 1 saturated heterocycles. The van der Waals surface area contributed by atoms with Gasteiger partial charge in [0.2, 0.25) is 0 Å². The fourth-order valence-electron chi connectivity index (χ4n) is 2.25. The number of benzene rings is 1. The molecule has 1 heterocycles. The predicted octanol–water partition coefficient (Wildman–Crippen LogP) is 3.58. The van der Waals surface area contributed by atoms with Crippen molar-refractivity contribution in [2.45, 2.75) is 45.5 Å². The Kier molecular flexibility index (Phi) is 4.19. The van der Waals surface area contributed by atoms with E-state index in [0.29, 0.717) is 12.0 Å². The smallest absolute Gasteiger partial charge is 0.164 e. The maximum Gasteiger partial charge on any atom is 0.164 e. The maximum absolute atomic E-state index is 6.04. The summed E-state index contributed by atoms with van der Waals surface area (Å²) in [5, 5.41) is 0. The first-order chi connectivity index (χ1) is 8.18. The zero-order chi connectivity index (χ0) is 12.3. The molecular formula is C15H22O2. The molecule has 3 atom stereocenters. The summed E-state index contributed by atoms with van der Waals surface area (Å²) in [6.07, 6.45) is 1.24. The lowest BCUT2D eigenvalue weighted by molar-refractivity contribution is -0.229. The molecule has 1 fully saturated rings. The molecule has 0 bridgehead atoms. The molecule has 0 aliphatic carbocycles. The van der Waals surface area contributed by atoms with Crippen LogP contribution in [0.1, 0.15) is 38.7 Å². The number of hydrogen-bond acceptors (Lipinski definition) is 2. The van der Waals surface area contributed by atoms with Crippen molar-refractivity contribution in [2.75, 3.05) is 6.61 Å². The van der Waals surface area contributed by atoms with Gasteiger partial charge in [-0.3, -0.25) is 0 Å². The molecule has 0 saturated carbocycles. The van der Waals surface area contributed by atoms with Gasteiger partial charge in [-0.25, -0.2) is 0 Å². The molecule has 94 valence electrons. The van der Waals surface area contributed by atoms with Gasteiger partial charge in [0.1, 0.15) is 0 Å². The van der Waals surface area contributed by atoms with E-state index in [1.807, 2.05) is 6.07 Å². The van der Waals surface area contributed by atoms with Crippen LogP contribution in [0.3, 0.4) is 0 Å². The molecule has 1 aliphatic rings. The van der Waals surface area contributed by atoms with E-state index < -0.39 is 0 Å². The molecule has 3 unspecified atom stereocenters. The Morgan fingerprint density at radius 2 is 1.82 bits per heavy atom. The summed E-state index contributed by atoms with van der Waals surface area (Å²) < 4.78 is 11.8. The van der Waals surface area contributed by atoms with Crippen LogP contribution in [0.15, 0.2) is 30.3 Å². The lowest BCUT2D eigenvalue weighted by Gasteiger charge is -2.35. The van der Waals surface area contributed by atoms with E-state index in [4.69, 9.17) is 9.47 Å². The van der Waals surface area contributed by atoms with Crippen LogP contribution in [-0.2, 0) is 9.47 Å². The van der Waals surface area contributed by atoms with Crippen molar-refractivity contribution in [3.05, 3.63) is 35.9 Å². The Bertz CT molecular complexity index is 334. The van der Waals surface area contributed by atoms with Crippen LogP contribution < -0.4 is 0 Å². The first-order valence-corrected chi connectivity index (χ1v) is 6.50. The highest BCUT2D eigenvalue weighted by Gasteiger charge is 2.29. The van der Waals surface area contributed by atoms with E-state index in [1.165, 1.54) is 5.56 Å². The van der Waals surface area contributed by atoms with Crippen molar-refractivity contribution in [3.8, 4) is 0 Å². The van der Waals surface area contributed by atoms with Gasteiger partial charge < -0.3 is 9.47 Å². The zero-order valence-corrected chi connectivity index (χ0v) is 10.9. The largest absolute Gasteiger partial charge is 0.352 e. The number of rotatable bonds is 3. The van der Waals surface area contributed by atoms with Crippen molar-refractivity contribution < 1.29 is 9.47 Å².